The Morgan fingerprint density at radius 1 is 1.50 bits per heavy atom. The summed E-state index contributed by atoms with van der Waals surface area (Å²) in [6, 6.07) is 4.19. The lowest BCUT2D eigenvalue weighted by atomic mass is 9.94. The Hall–Kier alpha value is -0.890. The van der Waals surface area contributed by atoms with E-state index in [0.717, 1.165) is 24.6 Å². The fourth-order valence-corrected chi connectivity index (χ4v) is 1.96. The molecule has 0 spiro atoms. The minimum atomic E-state index is 0.292. The van der Waals surface area contributed by atoms with Gasteiger partial charge in [-0.25, -0.2) is 0 Å². The van der Waals surface area contributed by atoms with E-state index in [1.807, 2.05) is 13.1 Å². The molecule has 2 rings (SSSR count). The number of nitrogens with zero attached hydrogens (tertiary/aromatic N) is 1. The molecule has 1 aliphatic heterocycles. The van der Waals surface area contributed by atoms with Crippen molar-refractivity contribution in [3.05, 3.63) is 29.6 Å². The number of hydrogen-bond acceptors (Lipinski definition) is 2. The molecule has 2 atom stereocenters. The molecule has 1 aromatic rings. The van der Waals surface area contributed by atoms with Crippen LogP contribution in [0, 0.1) is 12.8 Å². The largest absolute Gasteiger partial charge is 0.374 e. The highest BCUT2D eigenvalue weighted by molar-refractivity contribution is 5.18. The zero-order chi connectivity index (χ0) is 9.97. The fourth-order valence-electron chi connectivity index (χ4n) is 1.96. The summed E-state index contributed by atoms with van der Waals surface area (Å²) in [6.07, 6.45) is 4.50. The summed E-state index contributed by atoms with van der Waals surface area (Å²) in [6.45, 7) is 5.21. The van der Waals surface area contributed by atoms with Crippen molar-refractivity contribution in [3.63, 3.8) is 0 Å². The minimum absolute atomic E-state index is 0.292. The molecule has 0 radical (unpaired) electrons. The smallest absolute Gasteiger partial charge is 0.0828 e. The molecular weight excluding hydrogens is 174 g/mol. The van der Waals surface area contributed by atoms with Gasteiger partial charge in [0.2, 0.25) is 0 Å². The maximum absolute atomic E-state index is 5.76. The third-order valence-corrected chi connectivity index (χ3v) is 2.84. The molecule has 1 unspecified atom stereocenters. The molecule has 14 heavy (non-hydrogen) atoms. The third kappa shape index (κ3) is 2.13. The van der Waals surface area contributed by atoms with Gasteiger partial charge in [0, 0.05) is 18.5 Å². The monoisotopic (exact) mass is 191 g/mol. The molecule has 2 heterocycles. The van der Waals surface area contributed by atoms with Gasteiger partial charge in [0.05, 0.1) is 6.10 Å². The van der Waals surface area contributed by atoms with Crippen LogP contribution in [0.2, 0.25) is 0 Å². The molecule has 0 aromatic carbocycles. The van der Waals surface area contributed by atoms with Gasteiger partial charge >= 0.3 is 0 Å². The van der Waals surface area contributed by atoms with E-state index in [1.54, 1.807) is 0 Å². The van der Waals surface area contributed by atoms with E-state index in [-0.39, 0.29) is 0 Å². The molecule has 1 fully saturated rings. The van der Waals surface area contributed by atoms with Gasteiger partial charge in [-0.1, -0.05) is 6.92 Å². The number of ether oxygens (including phenoxy) is 1. The van der Waals surface area contributed by atoms with E-state index >= 15 is 0 Å². The first-order valence-corrected chi connectivity index (χ1v) is 5.30. The first-order valence-electron chi connectivity index (χ1n) is 5.30. The van der Waals surface area contributed by atoms with Crippen LogP contribution in [-0.2, 0) is 4.74 Å². The summed E-state index contributed by atoms with van der Waals surface area (Å²) in [5, 5.41) is 0. The van der Waals surface area contributed by atoms with Crippen LogP contribution < -0.4 is 0 Å². The van der Waals surface area contributed by atoms with Crippen molar-refractivity contribution in [2.24, 2.45) is 5.92 Å². The van der Waals surface area contributed by atoms with Crippen molar-refractivity contribution in [1.29, 1.82) is 0 Å². The molecule has 0 N–H and O–H groups in total. The van der Waals surface area contributed by atoms with Gasteiger partial charge in [-0.05, 0) is 43.4 Å². The molecule has 76 valence electrons. The number of hydrogen-bond donors (Lipinski definition) is 0. The lowest BCUT2D eigenvalue weighted by molar-refractivity contribution is -0.00640. The van der Waals surface area contributed by atoms with Crippen molar-refractivity contribution in [2.45, 2.75) is 32.8 Å². The SMILES string of the molecule is Cc1cc([C@@H]2CC(C)CCO2)ccn1. The standard InChI is InChI=1S/C12H17NO/c1-9-4-6-14-12(7-9)11-3-5-13-10(2)8-11/h3,5,8-9,12H,4,6-7H2,1-2H3/t9?,12-/m0/s1. The average molecular weight is 191 g/mol. The van der Waals surface area contributed by atoms with Crippen LogP contribution in [0.1, 0.15) is 37.1 Å². The quantitative estimate of drug-likeness (QED) is 0.681. The number of pyridine rings is 1. The summed E-state index contributed by atoms with van der Waals surface area (Å²) in [5.41, 5.74) is 2.35. The van der Waals surface area contributed by atoms with Gasteiger partial charge in [-0.2, -0.15) is 0 Å². The van der Waals surface area contributed by atoms with Crippen LogP contribution in [-0.4, -0.2) is 11.6 Å². The van der Waals surface area contributed by atoms with E-state index in [1.165, 1.54) is 12.0 Å². The van der Waals surface area contributed by atoms with Crippen molar-refractivity contribution in [1.82, 2.24) is 4.98 Å². The zero-order valence-corrected chi connectivity index (χ0v) is 8.86. The van der Waals surface area contributed by atoms with Crippen LogP contribution >= 0.6 is 0 Å². The normalized spacial score (nSPS) is 27.6. The highest BCUT2D eigenvalue weighted by atomic mass is 16.5. The molecule has 1 aromatic heterocycles. The Labute approximate surface area is 85.3 Å². The molecule has 1 aliphatic rings. The summed E-state index contributed by atoms with van der Waals surface area (Å²) in [4.78, 5) is 4.20. The molecule has 2 heteroatoms. The Bertz CT molecular complexity index is 311. The van der Waals surface area contributed by atoms with E-state index in [2.05, 4.69) is 24.0 Å². The van der Waals surface area contributed by atoms with Gasteiger partial charge in [0.25, 0.3) is 0 Å². The van der Waals surface area contributed by atoms with E-state index in [9.17, 15) is 0 Å². The van der Waals surface area contributed by atoms with E-state index < -0.39 is 0 Å². The third-order valence-electron chi connectivity index (χ3n) is 2.84. The predicted octanol–water partition coefficient (Wildman–Crippen LogP) is 2.88. The molecule has 0 aliphatic carbocycles. The summed E-state index contributed by atoms with van der Waals surface area (Å²) in [5.74, 6) is 0.780. The molecule has 0 amide bonds. The van der Waals surface area contributed by atoms with E-state index in [0.29, 0.717) is 6.10 Å². The summed E-state index contributed by atoms with van der Waals surface area (Å²) >= 11 is 0. The van der Waals surface area contributed by atoms with Gasteiger partial charge in [-0.3, -0.25) is 4.98 Å². The highest BCUT2D eigenvalue weighted by Crippen LogP contribution is 2.31. The second-order valence-electron chi connectivity index (χ2n) is 4.22. The average Bonchev–Trinajstić information content (AvgIpc) is 2.18. The maximum Gasteiger partial charge on any atom is 0.0828 e. The van der Waals surface area contributed by atoms with Gasteiger partial charge < -0.3 is 4.74 Å². The molecular formula is C12H17NO. The Kier molecular flexibility index (Phi) is 2.82. The minimum Gasteiger partial charge on any atom is -0.374 e. The lowest BCUT2D eigenvalue weighted by Crippen LogP contribution is -2.17. The lowest BCUT2D eigenvalue weighted by Gasteiger charge is -2.27. The van der Waals surface area contributed by atoms with Crippen LogP contribution in [0.25, 0.3) is 0 Å². The molecule has 1 saturated heterocycles. The van der Waals surface area contributed by atoms with Gasteiger partial charge in [0.1, 0.15) is 0 Å². The van der Waals surface area contributed by atoms with E-state index in [4.69, 9.17) is 4.74 Å². The zero-order valence-electron chi connectivity index (χ0n) is 8.86. The predicted molar refractivity (Wildman–Crippen MR) is 56.1 cm³/mol. The van der Waals surface area contributed by atoms with Gasteiger partial charge in [0.15, 0.2) is 0 Å². The maximum atomic E-state index is 5.76. The van der Waals surface area contributed by atoms with Crippen LogP contribution in [0.15, 0.2) is 18.3 Å². The molecule has 2 nitrogen and oxygen atoms in total. The highest BCUT2D eigenvalue weighted by Gasteiger charge is 2.20. The van der Waals surface area contributed by atoms with Crippen molar-refractivity contribution in [2.75, 3.05) is 6.61 Å². The number of rotatable bonds is 1. The number of aromatic nitrogens is 1. The first kappa shape index (κ1) is 9.66. The Morgan fingerprint density at radius 2 is 2.36 bits per heavy atom. The second-order valence-corrected chi connectivity index (χ2v) is 4.22. The molecule has 0 bridgehead atoms. The van der Waals surface area contributed by atoms with Gasteiger partial charge in [-0.15, -0.1) is 0 Å². The van der Waals surface area contributed by atoms with Crippen molar-refractivity contribution in [3.8, 4) is 0 Å². The van der Waals surface area contributed by atoms with Crippen molar-refractivity contribution < 1.29 is 4.74 Å². The summed E-state index contributed by atoms with van der Waals surface area (Å²) in [7, 11) is 0. The van der Waals surface area contributed by atoms with Crippen LogP contribution in [0.5, 0.6) is 0 Å². The Morgan fingerprint density at radius 3 is 3.07 bits per heavy atom. The topological polar surface area (TPSA) is 22.1 Å². The summed E-state index contributed by atoms with van der Waals surface area (Å²) < 4.78 is 5.76. The van der Waals surface area contributed by atoms with Crippen LogP contribution in [0.3, 0.4) is 0 Å². The number of aryl methyl sites for hydroxylation is 1. The van der Waals surface area contributed by atoms with Crippen molar-refractivity contribution >= 4 is 0 Å². The first-order chi connectivity index (χ1) is 6.75. The van der Waals surface area contributed by atoms with Crippen LogP contribution in [0.4, 0.5) is 0 Å². The fraction of sp³-hybridized carbons (Fsp3) is 0.583. The Balaban J connectivity index is 2.14. The molecule has 0 saturated carbocycles. The second kappa shape index (κ2) is 4.09.